The smallest absolute Gasteiger partial charge is 0.225 e. The molecule has 2 aromatic rings. The monoisotopic (exact) mass is 412 g/mol. The lowest BCUT2D eigenvalue weighted by atomic mass is 10.1. The van der Waals surface area contributed by atoms with E-state index in [2.05, 4.69) is 36.8 Å². The molecule has 2 heterocycles. The van der Waals surface area contributed by atoms with Crippen LogP contribution in [-0.4, -0.2) is 29.3 Å². The predicted octanol–water partition coefficient (Wildman–Crippen LogP) is 3.27. The van der Waals surface area contributed by atoms with Gasteiger partial charge in [0.25, 0.3) is 0 Å². The number of H-pyrrole nitrogens is 1. The predicted molar refractivity (Wildman–Crippen MR) is 96.5 cm³/mol. The van der Waals surface area contributed by atoms with Crippen LogP contribution in [0.5, 0.6) is 5.75 Å². The number of halogens is 2. The maximum absolute atomic E-state index is 12.0. The van der Waals surface area contributed by atoms with Crippen LogP contribution in [0.4, 0.5) is 5.82 Å². The molecule has 3 rings (SSSR count). The number of benzene rings is 1. The first-order valence-corrected chi connectivity index (χ1v) is 8.95. The molecular weight excluding hydrogens is 396 g/mol. The van der Waals surface area contributed by atoms with Crippen LogP contribution in [0, 0.1) is 0 Å². The summed E-state index contributed by atoms with van der Waals surface area (Å²) in [6.45, 7) is 2.08. The van der Waals surface area contributed by atoms with Gasteiger partial charge in [0.2, 0.25) is 5.91 Å². The van der Waals surface area contributed by atoms with E-state index < -0.39 is 0 Å². The van der Waals surface area contributed by atoms with E-state index in [1.807, 2.05) is 6.07 Å². The van der Waals surface area contributed by atoms with Crippen molar-refractivity contribution >= 4 is 39.3 Å². The second-order valence-corrected chi connectivity index (χ2v) is 6.85. The number of aromatic amines is 1. The van der Waals surface area contributed by atoms with Crippen LogP contribution < -0.4 is 15.4 Å². The quantitative estimate of drug-likeness (QED) is 0.635. The van der Waals surface area contributed by atoms with Crippen LogP contribution in [0.1, 0.15) is 24.1 Å². The van der Waals surface area contributed by atoms with Gasteiger partial charge in [0.05, 0.1) is 11.6 Å². The van der Waals surface area contributed by atoms with Gasteiger partial charge in [0.15, 0.2) is 5.82 Å². The molecule has 24 heavy (non-hydrogen) atoms. The minimum absolute atomic E-state index is 0.0691. The summed E-state index contributed by atoms with van der Waals surface area (Å²) in [7, 11) is 0. The largest absolute Gasteiger partial charge is 0.492 e. The van der Waals surface area contributed by atoms with Crippen LogP contribution >= 0.6 is 27.5 Å². The zero-order valence-corrected chi connectivity index (χ0v) is 15.3. The molecule has 3 N–H and O–H groups in total. The van der Waals surface area contributed by atoms with Gasteiger partial charge in [-0.3, -0.25) is 9.89 Å². The van der Waals surface area contributed by atoms with Gasteiger partial charge >= 0.3 is 0 Å². The van der Waals surface area contributed by atoms with E-state index in [0.29, 0.717) is 36.0 Å². The number of ether oxygens (including phenoxy) is 1. The maximum Gasteiger partial charge on any atom is 0.225 e. The third-order valence-corrected chi connectivity index (χ3v) is 4.55. The normalized spacial score (nSPS) is 13.4. The highest BCUT2D eigenvalue weighted by Gasteiger charge is 2.17. The number of aromatic nitrogens is 2. The van der Waals surface area contributed by atoms with Crippen molar-refractivity contribution in [2.75, 3.05) is 18.5 Å². The standard InChI is InChI=1S/C16H18BrClN4O2/c17-10-3-4-14(12(18)8-10)24-7-1-2-15(23)20-16-11-9-19-6-5-13(11)21-22-16/h3-4,8,19H,1-2,5-7,9H2,(H2,20,21,22,23). The van der Waals surface area contributed by atoms with Gasteiger partial charge in [0.1, 0.15) is 5.75 Å². The number of carbonyl (C=O) groups excluding carboxylic acids is 1. The number of carbonyl (C=O) groups is 1. The van der Waals surface area contributed by atoms with E-state index in [1.165, 1.54) is 0 Å². The van der Waals surface area contributed by atoms with Gasteiger partial charge in [-0.2, -0.15) is 5.10 Å². The van der Waals surface area contributed by atoms with E-state index in [-0.39, 0.29) is 5.91 Å². The average Bonchev–Trinajstić information content (AvgIpc) is 2.96. The lowest BCUT2D eigenvalue weighted by Crippen LogP contribution is -2.24. The van der Waals surface area contributed by atoms with E-state index >= 15 is 0 Å². The number of amides is 1. The highest BCUT2D eigenvalue weighted by Crippen LogP contribution is 2.27. The topological polar surface area (TPSA) is 79.0 Å². The summed E-state index contributed by atoms with van der Waals surface area (Å²) in [5.74, 6) is 1.17. The zero-order chi connectivity index (χ0) is 16.9. The van der Waals surface area contributed by atoms with E-state index in [9.17, 15) is 4.79 Å². The molecule has 1 aliphatic heterocycles. The van der Waals surface area contributed by atoms with Crippen LogP contribution in [0.15, 0.2) is 22.7 Å². The molecule has 0 spiro atoms. The highest BCUT2D eigenvalue weighted by molar-refractivity contribution is 9.10. The van der Waals surface area contributed by atoms with Gasteiger partial charge in [-0.1, -0.05) is 27.5 Å². The Labute approximate surface area is 153 Å². The van der Waals surface area contributed by atoms with Gasteiger partial charge < -0.3 is 15.4 Å². The van der Waals surface area contributed by atoms with Crippen LogP contribution in [0.3, 0.4) is 0 Å². The maximum atomic E-state index is 12.0. The van der Waals surface area contributed by atoms with Crippen molar-refractivity contribution in [3.63, 3.8) is 0 Å². The molecule has 0 radical (unpaired) electrons. The molecule has 0 saturated heterocycles. The number of anilines is 1. The Morgan fingerprint density at radius 1 is 1.46 bits per heavy atom. The fourth-order valence-corrected chi connectivity index (χ4v) is 3.26. The van der Waals surface area contributed by atoms with Crippen LogP contribution in [0.2, 0.25) is 5.02 Å². The number of nitrogens with zero attached hydrogens (tertiary/aromatic N) is 1. The molecule has 0 saturated carbocycles. The summed E-state index contributed by atoms with van der Waals surface area (Å²) in [4.78, 5) is 12.0. The lowest BCUT2D eigenvalue weighted by molar-refractivity contribution is -0.116. The third-order valence-electron chi connectivity index (χ3n) is 3.76. The first-order chi connectivity index (χ1) is 11.6. The van der Waals surface area contributed by atoms with Crippen LogP contribution in [-0.2, 0) is 17.8 Å². The molecule has 1 aromatic heterocycles. The molecule has 1 aromatic carbocycles. The fourth-order valence-electron chi connectivity index (χ4n) is 2.53. The Balaban J connectivity index is 1.44. The lowest BCUT2D eigenvalue weighted by Gasteiger charge is -2.13. The number of fused-ring (bicyclic) bond motifs is 1. The second-order valence-electron chi connectivity index (χ2n) is 5.53. The Morgan fingerprint density at radius 3 is 3.17 bits per heavy atom. The summed E-state index contributed by atoms with van der Waals surface area (Å²) in [5, 5.41) is 13.8. The van der Waals surface area contributed by atoms with Crippen molar-refractivity contribution in [1.29, 1.82) is 0 Å². The van der Waals surface area contributed by atoms with Gasteiger partial charge in [-0.25, -0.2) is 0 Å². The average molecular weight is 414 g/mol. The second kappa shape index (κ2) is 8.00. The van der Waals surface area contributed by atoms with Crippen molar-refractivity contribution in [3.8, 4) is 5.75 Å². The summed E-state index contributed by atoms with van der Waals surface area (Å²) < 4.78 is 6.50. The molecule has 1 amide bonds. The Kier molecular flexibility index (Phi) is 5.76. The van der Waals surface area contributed by atoms with E-state index in [4.69, 9.17) is 16.3 Å². The summed E-state index contributed by atoms with van der Waals surface area (Å²) >= 11 is 9.43. The number of hydrogen-bond donors (Lipinski definition) is 3. The highest BCUT2D eigenvalue weighted by atomic mass is 79.9. The van der Waals surface area contributed by atoms with E-state index in [0.717, 1.165) is 35.2 Å². The van der Waals surface area contributed by atoms with Gasteiger partial charge in [-0.05, 0) is 24.6 Å². The first-order valence-electron chi connectivity index (χ1n) is 7.78. The third kappa shape index (κ3) is 4.28. The first kappa shape index (κ1) is 17.3. The summed E-state index contributed by atoms with van der Waals surface area (Å²) in [6.07, 6.45) is 1.87. The Bertz CT molecular complexity index is 735. The minimum Gasteiger partial charge on any atom is -0.492 e. The number of rotatable bonds is 6. The van der Waals surface area contributed by atoms with Crippen molar-refractivity contribution < 1.29 is 9.53 Å². The van der Waals surface area contributed by atoms with Crippen molar-refractivity contribution in [2.45, 2.75) is 25.8 Å². The fraction of sp³-hybridized carbons (Fsp3) is 0.375. The molecule has 8 heteroatoms. The Morgan fingerprint density at radius 2 is 2.33 bits per heavy atom. The minimum atomic E-state index is -0.0691. The number of nitrogens with one attached hydrogen (secondary N) is 3. The molecule has 1 aliphatic rings. The number of hydrogen-bond acceptors (Lipinski definition) is 4. The van der Waals surface area contributed by atoms with Crippen molar-refractivity contribution in [2.24, 2.45) is 0 Å². The SMILES string of the molecule is O=C(CCCOc1ccc(Br)cc1Cl)Nc1n[nH]c2c1CNCC2. The summed E-state index contributed by atoms with van der Waals surface area (Å²) in [5.41, 5.74) is 2.14. The summed E-state index contributed by atoms with van der Waals surface area (Å²) in [6, 6.07) is 5.44. The van der Waals surface area contributed by atoms with Gasteiger partial charge in [-0.15, -0.1) is 0 Å². The van der Waals surface area contributed by atoms with Crippen LogP contribution in [0.25, 0.3) is 0 Å². The molecule has 0 unspecified atom stereocenters. The molecule has 6 nitrogen and oxygen atoms in total. The van der Waals surface area contributed by atoms with E-state index in [1.54, 1.807) is 12.1 Å². The molecule has 0 fully saturated rings. The molecule has 0 bridgehead atoms. The Hall–Kier alpha value is -1.57. The van der Waals surface area contributed by atoms with Gasteiger partial charge in [0, 0.05) is 41.7 Å². The van der Waals surface area contributed by atoms with Crippen molar-refractivity contribution in [1.82, 2.24) is 15.5 Å². The zero-order valence-electron chi connectivity index (χ0n) is 13.0. The molecule has 0 atom stereocenters. The molecular formula is C16H18BrClN4O2. The molecule has 0 aliphatic carbocycles. The van der Waals surface area contributed by atoms with Crippen molar-refractivity contribution in [3.05, 3.63) is 39.0 Å². The molecule has 128 valence electrons.